The molecule has 0 amide bonds. The minimum Gasteiger partial charge on any atom is -0.369 e. The van der Waals surface area contributed by atoms with Crippen LogP contribution in [0.5, 0.6) is 0 Å². The van der Waals surface area contributed by atoms with Crippen LogP contribution in [-0.4, -0.2) is 17.1 Å². The molecule has 1 atom stereocenters. The quantitative estimate of drug-likeness (QED) is 0.624. The van der Waals surface area contributed by atoms with E-state index in [1.807, 2.05) is 36.4 Å². The summed E-state index contributed by atoms with van der Waals surface area (Å²) in [6, 6.07) is 11.8. The van der Waals surface area contributed by atoms with Crippen molar-refractivity contribution in [3.8, 4) is 0 Å². The van der Waals surface area contributed by atoms with Gasteiger partial charge in [0.05, 0.1) is 0 Å². The van der Waals surface area contributed by atoms with Gasteiger partial charge in [-0.05, 0) is 12.0 Å². The lowest BCUT2D eigenvalue weighted by atomic mass is 10.1. The van der Waals surface area contributed by atoms with Crippen LogP contribution in [-0.2, 0) is 11.2 Å². The van der Waals surface area contributed by atoms with Crippen LogP contribution >= 0.6 is 0 Å². The molecule has 3 N–H and O–H groups in total. The zero-order valence-electron chi connectivity index (χ0n) is 11.8. The number of hydrazine groups is 1. The normalized spacial score (nSPS) is 12.2. The van der Waals surface area contributed by atoms with E-state index >= 15 is 0 Å². The highest BCUT2D eigenvalue weighted by Crippen LogP contribution is 2.23. The van der Waals surface area contributed by atoms with Crippen molar-refractivity contribution >= 4 is 5.82 Å². The second-order valence-corrected chi connectivity index (χ2v) is 4.52. The summed E-state index contributed by atoms with van der Waals surface area (Å²) in [5.41, 5.74) is 4.57. The van der Waals surface area contributed by atoms with Gasteiger partial charge in [0.1, 0.15) is 11.9 Å². The molecule has 5 nitrogen and oxygen atoms in total. The Hall–Kier alpha value is -1.98. The predicted molar refractivity (Wildman–Crippen MR) is 79.1 cm³/mol. The highest BCUT2D eigenvalue weighted by atomic mass is 16.5. The first-order valence-corrected chi connectivity index (χ1v) is 6.70. The molecule has 0 radical (unpaired) electrons. The second-order valence-electron chi connectivity index (χ2n) is 4.52. The first kappa shape index (κ1) is 14.4. The highest BCUT2D eigenvalue weighted by Gasteiger charge is 2.17. The Bertz CT molecular complexity index is 545. The van der Waals surface area contributed by atoms with Gasteiger partial charge in [0.15, 0.2) is 5.82 Å². The second kappa shape index (κ2) is 6.98. The van der Waals surface area contributed by atoms with Gasteiger partial charge in [-0.1, -0.05) is 43.7 Å². The van der Waals surface area contributed by atoms with Gasteiger partial charge in [0, 0.05) is 18.9 Å². The van der Waals surface area contributed by atoms with Crippen molar-refractivity contribution in [3.63, 3.8) is 0 Å². The summed E-state index contributed by atoms with van der Waals surface area (Å²) in [7, 11) is 1.66. The van der Waals surface area contributed by atoms with Crippen molar-refractivity contribution in [3.05, 3.63) is 53.5 Å². The molecule has 20 heavy (non-hydrogen) atoms. The summed E-state index contributed by atoms with van der Waals surface area (Å²) in [5.74, 6) is 6.71. The molecular weight excluding hydrogens is 252 g/mol. The Balaban J connectivity index is 2.40. The monoisotopic (exact) mass is 272 g/mol. The van der Waals surface area contributed by atoms with Gasteiger partial charge in [-0.3, -0.25) is 0 Å². The summed E-state index contributed by atoms with van der Waals surface area (Å²) < 4.78 is 5.56. The Morgan fingerprint density at radius 1 is 1.25 bits per heavy atom. The lowest BCUT2D eigenvalue weighted by molar-refractivity contribution is 0.129. The third-order valence-corrected chi connectivity index (χ3v) is 3.02. The number of nitrogens with one attached hydrogen (secondary N) is 1. The first-order valence-electron chi connectivity index (χ1n) is 6.70. The minimum atomic E-state index is -0.292. The van der Waals surface area contributed by atoms with Crippen molar-refractivity contribution in [2.75, 3.05) is 12.5 Å². The molecule has 5 heteroatoms. The van der Waals surface area contributed by atoms with E-state index < -0.39 is 0 Å². The summed E-state index contributed by atoms with van der Waals surface area (Å²) in [5, 5.41) is 0. The van der Waals surface area contributed by atoms with Crippen LogP contribution in [0.2, 0.25) is 0 Å². The molecule has 0 bridgehead atoms. The van der Waals surface area contributed by atoms with Gasteiger partial charge in [-0.2, -0.15) is 0 Å². The maximum Gasteiger partial charge on any atom is 0.164 e. The van der Waals surface area contributed by atoms with Gasteiger partial charge >= 0.3 is 0 Å². The Morgan fingerprint density at radius 3 is 2.60 bits per heavy atom. The van der Waals surface area contributed by atoms with E-state index in [1.165, 1.54) is 0 Å². The van der Waals surface area contributed by atoms with Crippen molar-refractivity contribution in [1.82, 2.24) is 9.97 Å². The van der Waals surface area contributed by atoms with Gasteiger partial charge in [-0.15, -0.1) is 0 Å². The molecule has 0 spiro atoms. The number of benzene rings is 1. The van der Waals surface area contributed by atoms with Crippen LogP contribution in [0.4, 0.5) is 5.82 Å². The van der Waals surface area contributed by atoms with Crippen LogP contribution in [0, 0.1) is 0 Å². The van der Waals surface area contributed by atoms with Gasteiger partial charge in [0.2, 0.25) is 0 Å². The SMILES string of the molecule is CCCc1cc(NN)nc(C(OC)c2ccccc2)n1. The van der Waals surface area contributed by atoms with Crippen LogP contribution in [0.15, 0.2) is 36.4 Å². The lowest BCUT2D eigenvalue weighted by Crippen LogP contribution is -2.15. The van der Waals surface area contributed by atoms with Crippen molar-refractivity contribution < 1.29 is 4.74 Å². The summed E-state index contributed by atoms with van der Waals surface area (Å²) in [6.07, 6.45) is 1.61. The summed E-state index contributed by atoms with van der Waals surface area (Å²) >= 11 is 0. The number of aromatic nitrogens is 2. The van der Waals surface area contributed by atoms with Crippen LogP contribution in [0.1, 0.15) is 36.5 Å². The number of anilines is 1. The third kappa shape index (κ3) is 3.31. The summed E-state index contributed by atoms with van der Waals surface area (Å²) in [4.78, 5) is 9.00. The average Bonchev–Trinajstić information content (AvgIpc) is 2.49. The van der Waals surface area contributed by atoms with Crippen LogP contribution in [0.3, 0.4) is 0 Å². The average molecular weight is 272 g/mol. The number of methoxy groups -OCH3 is 1. The van der Waals surface area contributed by atoms with E-state index in [0.717, 1.165) is 24.1 Å². The molecule has 0 saturated heterocycles. The Kier molecular flexibility index (Phi) is 5.03. The predicted octanol–water partition coefficient (Wildman–Crippen LogP) is 2.45. The number of nitrogen functional groups attached to an aromatic ring is 1. The van der Waals surface area contributed by atoms with E-state index in [-0.39, 0.29) is 6.10 Å². The molecule has 0 fully saturated rings. The zero-order valence-corrected chi connectivity index (χ0v) is 11.8. The molecule has 1 aromatic heterocycles. The fourth-order valence-electron chi connectivity index (χ4n) is 2.11. The van der Waals surface area contributed by atoms with E-state index in [2.05, 4.69) is 22.3 Å². The maximum atomic E-state index is 5.56. The topological polar surface area (TPSA) is 73.1 Å². The molecular formula is C15H20N4O. The van der Waals surface area contributed by atoms with E-state index in [0.29, 0.717) is 11.6 Å². The smallest absolute Gasteiger partial charge is 0.164 e. The van der Waals surface area contributed by atoms with Crippen molar-refractivity contribution in [2.45, 2.75) is 25.9 Å². The molecule has 2 rings (SSSR count). The number of nitrogens with two attached hydrogens (primary N) is 1. The van der Waals surface area contributed by atoms with E-state index in [4.69, 9.17) is 10.6 Å². The fourth-order valence-corrected chi connectivity index (χ4v) is 2.11. The largest absolute Gasteiger partial charge is 0.369 e. The zero-order chi connectivity index (χ0) is 14.4. The maximum absolute atomic E-state index is 5.56. The molecule has 2 aromatic rings. The lowest BCUT2D eigenvalue weighted by Gasteiger charge is -2.16. The molecule has 0 aliphatic rings. The van der Waals surface area contributed by atoms with Crippen LogP contribution in [0.25, 0.3) is 0 Å². The van der Waals surface area contributed by atoms with Gasteiger partial charge in [0.25, 0.3) is 0 Å². The number of aryl methyl sites for hydroxylation is 1. The van der Waals surface area contributed by atoms with Crippen LogP contribution < -0.4 is 11.3 Å². The highest BCUT2D eigenvalue weighted by molar-refractivity contribution is 5.36. The van der Waals surface area contributed by atoms with Gasteiger partial charge in [-0.25, -0.2) is 15.8 Å². The molecule has 106 valence electrons. The van der Waals surface area contributed by atoms with Crippen molar-refractivity contribution in [1.29, 1.82) is 0 Å². The number of ether oxygens (including phenoxy) is 1. The minimum absolute atomic E-state index is 0.292. The van der Waals surface area contributed by atoms with Gasteiger partial charge < -0.3 is 10.2 Å². The fraction of sp³-hybridized carbons (Fsp3) is 0.333. The van der Waals surface area contributed by atoms with E-state index in [9.17, 15) is 0 Å². The Morgan fingerprint density at radius 2 is 2.00 bits per heavy atom. The molecule has 0 saturated carbocycles. The molecule has 1 heterocycles. The number of nitrogens with zero attached hydrogens (tertiary/aromatic N) is 2. The Labute approximate surface area is 119 Å². The van der Waals surface area contributed by atoms with Crippen molar-refractivity contribution in [2.24, 2.45) is 5.84 Å². The number of hydrogen-bond acceptors (Lipinski definition) is 5. The molecule has 1 aromatic carbocycles. The van der Waals surface area contributed by atoms with E-state index in [1.54, 1.807) is 7.11 Å². The molecule has 1 unspecified atom stereocenters. The molecule has 0 aliphatic carbocycles. The number of rotatable bonds is 6. The summed E-state index contributed by atoms with van der Waals surface area (Å²) in [6.45, 7) is 2.11. The molecule has 0 aliphatic heterocycles. The third-order valence-electron chi connectivity index (χ3n) is 3.02. The number of hydrogen-bond donors (Lipinski definition) is 2. The standard InChI is InChI=1S/C15H20N4O/c1-3-7-12-10-13(19-16)18-15(17-12)14(20-2)11-8-5-4-6-9-11/h4-6,8-10,14H,3,7,16H2,1-2H3,(H,17,18,19). The first-order chi connectivity index (χ1) is 9.78.